The van der Waals surface area contributed by atoms with Crippen LogP contribution in [-0.2, 0) is 6.54 Å². The van der Waals surface area contributed by atoms with Crippen molar-refractivity contribution >= 4 is 17.0 Å². The minimum Gasteiger partial charge on any atom is -0.352 e. The highest BCUT2D eigenvalue weighted by Gasteiger charge is 2.14. The predicted octanol–water partition coefficient (Wildman–Crippen LogP) is 0.681. The number of anilines is 1. The highest BCUT2D eigenvalue weighted by molar-refractivity contribution is 5.82. The monoisotopic (exact) mass is 245 g/mol. The van der Waals surface area contributed by atoms with Crippen LogP contribution in [0.2, 0.25) is 0 Å². The van der Waals surface area contributed by atoms with E-state index < -0.39 is 0 Å². The summed E-state index contributed by atoms with van der Waals surface area (Å²) in [6.45, 7) is 2.41. The van der Waals surface area contributed by atoms with Crippen molar-refractivity contribution in [2.45, 2.75) is 13.5 Å². The Morgan fingerprint density at radius 2 is 2.17 bits per heavy atom. The van der Waals surface area contributed by atoms with Crippen LogP contribution in [0.3, 0.4) is 0 Å². The molecule has 0 spiro atoms. The summed E-state index contributed by atoms with van der Waals surface area (Å²) in [5.74, 6) is 0.764. The van der Waals surface area contributed by atoms with Gasteiger partial charge in [-0.15, -0.1) is 0 Å². The quantitative estimate of drug-likeness (QED) is 0.724. The van der Waals surface area contributed by atoms with Crippen molar-refractivity contribution in [3.8, 4) is 0 Å². The lowest BCUT2D eigenvalue weighted by molar-refractivity contribution is 0.301. The molecule has 0 fully saturated rings. The second kappa shape index (κ2) is 4.06. The molecule has 0 atom stereocenters. The number of nitrogens with zero attached hydrogens (tertiary/aromatic N) is 6. The molecule has 0 radical (unpaired) electrons. The van der Waals surface area contributed by atoms with Crippen LogP contribution < -0.4 is 4.90 Å². The van der Waals surface area contributed by atoms with Crippen LogP contribution in [0.15, 0.2) is 17.3 Å². The minimum absolute atomic E-state index is 0.556. The predicted molar refractivity (Wildman–Crippen MR) is 62.8 cm³/mol. The molecule has 8 heteroatoms. The number of aromatic nitrogens is 6. The summed E-state index contributed by atoms with van der Waals surface area (Å²) in [4.78, 5) is 17.4. The van der Waals surface area contributed by atoms with Crippen LogP contribution in [0.4, 0.5) is 5.82 Å². The third-order valence-electron chi connectivity index (χ3n) is 2.70. The van der Waals surface area contributed by atoms with E-state index in [9.17, 15) is 0 Å². The van der Waals surface area contributed by atoms with E-state index in [1.54, 1.807) is 6.33 Å². The minimum atomic E-state index is 0.556. The van der Waals surface area contributed by atoms with E-state index in [4.69, 9.17) is 0 Å². The van der Waals surface area contributed by atoms with Crippen molar-refractivity contribution in [2.24, 2.45) is 0 Å². The number of hydrogen-bond acceptors (Lipinski definition) is 7. The van der Waals surface area contributed by atoms with Gasteiger partial charge in [0.1, 0.15) is 23.2 Å². The number of rotatable bonds is 3. The Kier molecular flexibility index (Phi) is 2.40. The molecule has 0 aliphatic rings. The number of nitrogens with one attached hydrogen (secondary N) is 1. The van der Waals surface area contributed by atoms with E-state index in [1.165, 1.54) is 6.33 Å². The smallest absolute Gasteiger partial charge is 0.182 e. The summed E-state index contributed by atoms with van der Waals surface area (Å²) in [6.07, 6.45) is 3.09. The van der Waals surface area contributed by atoms with Crippen LogP contribution in [0.5, 0.6) is 0 Å². The second-order valence-electron chi connectivity index (χ2n) is 3.95. The molecule has 0 unspecified atom stereocenters. The maximum absolute atomic E-state index is 4.67. The molecule has 0 aromatic carbocycles. The van der Waals surface area contributed by atoms with Crippen molar-refractivity contribution in [2.75, 3.05) is 11.9 Å². The zero-order valence-corrected chi connectivity index (χ0v) is 9.95. The zero-order valence-electron chi connectivity index (χ0n) is 9.95. The molecular formula is C10H11N7O. The molecule has 3 aromatic rings. The summed E-state index contributed by atoms with van der Waals surface area (Å²) in [5.41, 5.74) is 3.00. The van der Waals surface area contributed by atoms with Crippen LogP contribution >= 0.6 is 0 Å². The van der Waals surface area contributed by atoms with Crippen LogP contribution in [0.25, 0.3) is 11.2 Å². The van der Waals surface area contributed by atoms with E-state index in [0.29, 0.717) is 12.2 Å². The van der Waals surface area contributed by atoms with E-state index in [-0.39, 0.29) is 0 Å². The first-order valence-corrected chi connectivity index (χ1v) is 5.39. The maximum atomic E-state index is 4.67. The number of aryl methyl sites for hydroxylation is 1. The Morgan fingerprint density at radius 3 is 2.94 bits per heavy atom. The van der Waals surface area contributed by atoms with Crippen LogP contribution in [0, 0.1) is 6.92 Å². The van der Waals surface area contributed by atoms with E-state index in [0.717, 1.165) is 22.7 Å². The molecule has 0 saturated carbocycles. The van der Waals surface area contributed by atoms with Gasteiger partial charge >= 0.3 is 0 Å². The average Bonchev–Trinajstić information content (AvgIpc) is 2.98. The molecule has 0 bridgehead atoms. The Labute approximate surface area is 102 Å². The number of imidazole rings is 1. The van der Waals surface area contributed by atoms with Gasteiger partial charge in [-0.3, -0.25) is 0 Å². The molecule has 3 heterocycles. The number of fused-ring (bicyclic) bond motifs is 1. The van der Waals surface area contributed by atoms with Gasteiger partial charge in [-0.25, -0.2) is 19.6 Å². The lowest BCUT2D eigenvalue weighted by atomic mass is 10.3. The van der Waals surface area contributed by atoms with Gasteiger partial charge in [0.05, 0.1) is 12.9 Å². The summed E-state index contributed by atoms with van der Waals surface area (Å²) in [7, 11) is 1.91. The van der Waals surface area contributed by atoms with Gasteiger partial charge in [-0.1, -0.05) is 10.3 Å². The van der Waals surface area contributed by atoms with Gasteiger partial charge in [-0.05, 0) is 6.92 Å². The topological polar surface area (TPSA) is 96.6 Å². The van der Waals surface area contributed by atoms with Gasteiger partial charge in [0.15, 0.2) is 11.5 Å². The molecule has 0 aliphatic carbocycles. The van der Waals surface area contributed by atoms with E-state index >= 15 is 0 Å². The van der Waals surface area contributed by atoms with Crippen LogP contribution in [-0.4, -0.2) is 37.3 Å². The molecule has 0 amide bonds. The largest absolute Gasteiger partial charge is 0.352 e. The lowest BCUT2D eigenvalue weighted by Crippen LogP contribution is -2.19. The molecule has 3 aromatic heterocycles. The fraction of sp³-hybridized carbons (Fsp3) is 0.300. The Balaban J connectivity index is 1.95. The SMILES string of the molecule is Cc1nonc1CN(C)c1ncnc2nc[nH]c12. The second-order valence-corrected chi connectivity index (χ2v) is 3.95. The zero-order chi connectivity index (χ0) is 12.5. The van der Waals surface area contributed by atoms with Gasteiger partial charge in [0.2, 0.25) is 0 Å². The summed E-state index contributed by atoms with van der Waals surface area (Å²) >= 11 is 0. The first kappa shape index (κ1) is 10.6. The van der Waals surface area contributed by atoms with Gasteiger partial charge in [0.25, 0.3) is 0 Å². The van der Waals surface area contributed by atoms with E-state index in [1.807, 2.05) is 18.9 Å². The third-order valence-corrected chi connectivity index (χ3v) is 2.70. The van der Waals surface area contributed by atoms with Crippen molar-refractivity contribution in [1.29, 1.82) is 0 Å². The molecule has 18 heavy (non-hydrogen) atoms. The number of hydrogen-bond donors (Lipinski definition) is 1. The first-order chi connectivity index (χ1) is 8.75. The first-order valence-electron chi connectivity index (χ1n) is 5.39. The number of H-pyrrole nitrogens is 1. The van der Waals surface area contributed by atoms with E-state index in [2.05, 4.69) is 34.9 Å². The Morgan fingerprint density at radius 1 is 1.28 bits per heavy atom. The molecule has 0 aliphatic heterocycles. The third kappa shape index (κ3) is 1.67. The standard InChI is InChI=1S/C10H11N7O/c1-6-7(16-18-15-6)3-17(2)10-8-9(12-4-11-8)13-5-14-10/h4-5H,3H2,1-2H3,(H,11,12,13,14). The molecular weight excluding hydrogens is 234 g/mol. The molecule has 92 valence electrons. The molecule has 3 rings (SSSR count). The fourth-order valence-corrected chi connectivity index (χ4v) is 1.73. The van der Waals surface area contributed by atoms with Crippen molar-refractivity contribution in [3.05, 3.63) is 24.0 Å². The highest BCUT2D eigenvalue weighted by Crippen LogP contribution is 2.19. The Hall–Kier alpha value is -2.51. The lowest BCUT2D eigenvalue weighted by Gasteiger charge is -2.16. The summed E-state index contributed by atoms with van der Waals surface area (Å²) in [6, 6.07) is 0. The number of aromatic amines is 1. The summed E-state index contributed by atoms with van der Waals surface area (Å²) < 4.78 is 4.67. The molecule has 8 nitrogen and oxygen atoms in total. The summed E-state index contributed by atoms with van der Waals surface area (Å²) in [5, 5.41) is 7.60. The normalized spacial score (nSPS) is 11.0. The van der Waals surface area contributed by atoms with Crippen LogP contribution in [0.1, 0.15) is 11.4 Å². The average molecular weight is 245 g/mol. The van der Waals surface area contributed by atoms with Crippen molar-refractivity contribution < 1.29 is 4.63 Å². The highest BCUT2D eigenvalue weighted by atomic mass is 16.6. The maximum Gasteiger partial charge on any atom is 0.182 e. The van der Waals surface area contributed by atoms with Crippen molar-refractivity contribution in [1.82, 2.24) is 30.2 Å². The Bertz CT molecular complexity index is 673. The van der Waals surface area contributed by atoms with Gasteiger partial charge in [-0.2, -0.15) is 0 Å². The molecule has 0 saturated heterocycles. The van der Waals surface area contributed by atoms with Gasteiger partial charge < -0.3 is 9.88 Å². The van der Waals surface area contributed by atoms with Crippen molar-refractivity contribution in [3.63, 3.8) is 0 Å². The van der Waals surface area contributed by atoms with Gasteiger partial charge in [0, 0.05) is 7.05 Å². The fourth-order valence-electron chi connectivity index (χ4n) is 1.73. The molecule has 1 N–H and O–H groups in total.